The van der Waals surface area contributed by atoms with Gasteiger partial charge in [-0.2, -0.15) is 0 Å². The molecular formula is C12H12O2. The molecule has 2 rings (SSSR count). The van der Waals surface area contributed by atoms with Crippen molar-refractivity contribution in [1.82, 2.24) is 0 Å². The first kappa shape index (κ1) is 7.83. The second kappa shape index (κ2) is 4.11. The van der Waals surface area contributed by atoms with Gasteiger partial charge in [0.2, 0.25) is 0 Å². The minimum Gasteiger partial charge on any atom is -0.468 e. The van der Waals surface area contributed by atoms with Gasteiger partial charge in [-0.3, -0.25) is 0 Å². The van der Waals surface area contributed by atoms with Crippen molar-refractivity contribution in [3.8, 4) is 5.75 Å². The van der Waals surface area contributed by atoms with Gasteiger partial charge in [-0.1, -0.05) is 30.3 Å². The number of methoxy groups -OCH3 is 1. The molecule has 0 amide bonds. The average molecular weight is 189 g/mol. The fourth-order valence-corrected chi connectivity index (χ4v) is 1.31. The fraction of sp³-hybridized carbons (Fsp3) is 0.167. The quantitative estimate of drug-likeness (QED) is 0.691. The molecule has 2 nitrogen and oxygen atoms in total. The number of hydrogen-bond donors (Lipinski definition) is 0. The van der Waals surface area contributed by atoms with Crippen LogP contribution in [0.3, 0.4) is 0 Å². The third kappa shape index (κ3) is 1.86. The lowest BCUT2D eigenvalue weighted by molar-refractivity contribution is 0.0512. The van der Waals surface area contributed by atoms with Gasteiger partial charge in [0.15, 0.2) is 6.79 Å². The summed E-state index contributed by atoms with van der Waals surface area (Å²) in [4.78, 5) is 0. The van der Waals surface area contributed by atoms with E-state index in [4.69, 9.17) is 10.8 Å². The van der Waals surface area contributed by atoms with Crippen LogP contribution in [0.15, 0.2) is 42.4 Å². The number of ether oxygens (including phenoxy) is 2. The zero-order chi connectivity index (χ0) is 10.7. The third-order valence-corrected chi connectivity index (χ3v) is 1.97. The zero-order valence-electron chi connectivity index (χ0n) is 8.99. The first-order chi connectivity index (χ1) is 7.31. The molecule has 14 heavy (non-hydrogen) atoms. The molecule has 2 aromatic carbocycles. The predicted octanol–water partition coefficient (Wildman–Crippen LogP) is 2.82. The van der Waals surface area contributed by atoms with Gasteiger partial charge in [0.25, 0.3) is 0 Å². The molecule has 2 heteroatoms. The van der Waals surface area contributed by atoms with Crippen LogP contribution in [0, 0.1) is 0 Å². The monoisotopic (exact) mass is 189 g/mol. The Kier molecular flexibility index (Phi) is 2.30. The molecule has 0 aliphatic heterocycles. The highest BCUT2D eigenvalue weighted by Gasteiger charge is 1.95. The first-order valence-electron chi connectivity index (χ1n) is 4.92. The van der Waals surface area contributed by atoms with Crippen molar-refractivity contribution in [3.05, 3.63) is 42.4 Å². The number of rotatable bonds is 3. The normalized spacial score (nSPS) is 11.4. The van der Waals surface area contributed by atoms with Crippen LogP contribution >= 0.6 is 0 Å². The van der Waals surface area contributed by atoms with Gasteiger partial charge in [-0.05, 0) is 22.9 Å². The summed E-state index contributed by atoms with van der Waals surface area (Å²) < 4.78 is 17.9. The number of benzene rings is 2. The van der Waals surface area contributed by atoms with Crippen LogP contribution in [0.25, 0.3) is 10.8 Å². The van der Waals surface area contributed by atoms with E-state index in [9.17, 15) is 0 Å². The van der Waals surface area contributed by atoms with Crippen molar-refractivity contribution < 1.29 is 10.8 Å². The smallest absolute Gasteiger partial charge is 0.188 e. The van der Waals surface area contributed by atoms with Crippen LogP contribution in [0.1, 0.15) is 1.37 Å². The van der Waals surface area contributed by atoms with Gasteiger partial charge < -0.3 is 9.47 Å². The standard InChI is InChI=1S/C12H12O2/c1-13-9-14-12-7-6-10-4-2-3-5-11(10)8-12/h2-8H,9H2,1H3/i6D. The summed E-state index contributed by atoms with van der Waals surface area (Å²) in [6, 6.07) is 11.8. The molecule has 0 unspecified atom stereocenters. The lowest BCUT2D eigenvalue weighted by Gasteiger charge is -2.05. The number of fused-ring (bicyclic) bond motifs is 1. The van der Waals surface area contributed by atoms with E-state index in [2.05, 4.69) is 0 Å². The highest BCUT2D eigenvalue weighted by atomic mass is 16.7. The molecule has 2 aromatic rings. The molecule has 0 aliphatic rings. The summed E-state index contributed by atoms with van der Waals surface area (Å²) in [7, 11) is 1.57. The second-order valence-electron chi connectivity index (χ2n) is 2.97. The molecule has 0 radical (unpaired) electrons. The van der Waals surface area contributed by atoms with Gasteiger partial charge in [0, 0.05) is 7.11 Å². The van der Waals surface area contributed by atoms with E-state index < -0.39 is 0 Å². The molecule has 0 N–H and O–H groups in total. The van der Waals surface area contributed by atoms with Crippen molar-refractivity contribution >= 4 is 10.8 Å². The molecule has 0 aliphatic carbocycles. The van der Waals surface area contributed by atoms with Crippen LogP contribution in [0.2, 0.25) is 0 Å². The first-order valence-corrected chi connectivity index (χ1v) is 4.42. The lowest BCUT2D eigenvalue weighted by Crippen LogP contribution is -1.98. The Balaban J connectivity index is 2.43. The predicted molar refractivity (Wildman–Crippen MR) is 56.5 cm³/mol. The number of hydrogen-bond acceptors (Lipinski definition) is 2. The minimum absolute atomic E-state index is 0.206. The van der Waals surface area contributed by atoms with E-state index in [0.29, 0.717) is 11.8 Å². The van der Waals surface area contributed by atoms with E-state index >= 15 is 0 Å². The van der Waals surface area contributed by atoms with Crippen LogP contribution in [-0.4, -0.2) is 13.9 Å². The van der Waals surface area contributed by atoms with E-state index in [0.717, 1.165) is 10.8 Å². The van der Waals surface area contributed by atoms with Crippen LogP contribution in [-0.2, 0) is 4.74 Å². The Bertz CT molecular complexity index is 468. The van der Waals surface area contributed by atoms with Gasteiger partial charge in [-0.15, -0.1) is 0 Å². The topological polar surface area (TPSA) is 18.5 Å². The average Bonchev–Trinajstić information content (AvgIpc) is 2.26. The maximum Gasteiger partial charge on any atom is 0.188 e. The Hall–Kier alpha value is -1.54. The molecule has 0 saturated heterocycles. The largest absolute Gasteiger partial charge is 0.468 e. The van der Waals surface area contributed by atoms with Crippen LogP contribution in [0.4, 0.5) is 0 Å². The maximum atomic E-state index is 7.82. The highest BCUT2D eigenvalue weighted by molar-refractivity contribution is 5.83. The van der Waals surface area contributed by atoms with E-state index in [1.807, 2.05) is 30.3 Å². The molecule has 0 aromatic heterocycles. The second-order valence-corrected chi connectivity index (χ2v) is 2.97. The minimum atomic E-state index is 0.206. The maximum absolute atomic E-state index is 7.82. The Morgan fingerprint density at radius 1 is 1.21 bits per heavy atom. The van der Waals surface area contributed by atoms with Crippen molar-refractivity contribution in [2.45, 2.75) is 0 Å². The van der Waals surface area contributed by atoms with Gasteiger partial charge in [-0.25, -0.2) is 0 Å². The lowest BCUT2D eigenvalue weighted by atomic mass is 10.1. The Labute approximate surface area is 84.5 Å². The molecule has 0 atom stereocenters. The van der Waals surface area contributed by atoms with Gasteiger partial charge in [0.1, 0.15) is 5.75 Å². The zero-order valence-corrected chi connectivity index (χ0v) is 7.99. The molecule has 0 heterocycles. The summed E-state index contributed by atoms with van der Waals surface area (Å²) in [6.45, 7) is 0.206. The van der Waals surface area contributed by atoms with Crippen molar-refractivity contribution in [2.75, 3.05) is 13.9 Å². The third-order valence-electron chi connectivity index (χ3n) is 1.97. The molecule has 0 bridgehead atoms. The molecular weight excluding hydrogens is 176 g/mol. The molecule has 72 valence electrons. The SMILES string of the molecule is [2H]c1cc(OCOC)cc2ccccc12. The van der Waals surface area contributed by atoms with E-state index in [-0.39, 0.29) is 6.79 Å². The van der Waals surface area contributed by atoms with E-state index in [1.54, 1.807) is 13.2 Å². The van der Waals surface area contributed by atoms with Crippen LogP contribution < -0.4 is 4.74 Å². The Morgan fingerprint density at radius 3 is 2.79 bits per heavy atom. The Morgan fingerprint density at radius 2 is 2.00 bits per heavy atom. The van der Waals surface area contributed by atoms with E-state index in [1.165, 1.54) is 0 Å². The highest BCUT2D eigenvalue weighted by Crippen LogP contribution is 2.20. The molecule has 0 fully saturated rings. The summed E-state index contributed by atoms with van der Waals surface area (Å²) in [6.07, 6.45) is 0. The summed E-state index contributed by atoms with van der Waals surface area (Å²) in [5.74, 6) is 0.667. The summed E-state index contributed by atoms with van der Waals surface area (Å²) in [5, 5.41) is 1.94. The van der Waals surface area contributed by atoms with Crippen LogP contribution in [0.5, 0.6) is 5.75 Å². The fourth-order valence-electron chi connectivity index (χ4n) is 1.31. The summed E-state index contributed by atoms with van der Waals surface area (Å²) in [5.41, 5.74) is 0. The summed E-state index contributed by atoms with van der Waals surface area (Å²) >= 11 is 0. The van der Waals surface area contributed by atoms with Gasteiger partial charge >= 0.3 is 0 Å². The molecule has 0 spiro atoms. The molecule has 0 saturated carbocycles. The van der Waals surface area contributed by atoms with Crippen molar-refractivity contribution in [3.63, 3.8) is 0 Å². The van der Waals surface area contributed by atoms with Crippen molar-refractivity contribution in [2.24, 2.45) is 0 Å². The van der Waals surface area contributed by atoms with Crippen molar-refractivity contribution in [1.29, 1.82) is 0 Å². The van der Waals surface area contributed by atoms with Gasteiger partial charge in [0.05, 0.1) is 1.37 Å².